The quantitative estimate of drug-likeness (QED) is 0.574. The van der Waals surface area contributed by atoms with Gasteiger partial charge < -0.3 is 15.1 Å². The summed E-state index contributed by atoms with van der Waals surface area (Å²) < 4.78 is 0. The van der Waals surface area contributed by atoms with Crippen molar-refractivity contribution >= 4 is 23.3 Å². The Morgan fingerprint density at radius 2 is 1.71 bits per heavy atom. The van der Waals surface area contributed by atoms with E-state index >= 15 is 0 Å². The molecule has 6 heteroatoms. The lowest BCUT2D eigenvalue weighted by Gasteiger charge is -2.23. The number of hydrogen-bond donors (Lipinski definition) is 1. The monoisotopic (exact) mass is 456 g/mol. The second kappa shape index (κ2) is 11.0. The lowest BCUT2D eigenvalue weighted by Crippen LogP contribution is -2.35. The molecule has 1 fully saturated rings. The average Bonchev–Trinajstić information content (AvgIpc) is 3.12. The van der Waals surface area contributed by atoms with E-state index in [2.05, 4.69) is 15.2 Å². The number of hydrogen-bond acceptors (Lipinski definition) is 4. The highest BCUT2D eigenvalue weighted by Gasteiger charge is 2.22. The fourth-order valence-corrected chi connectivity index (χ4v) is 4.47. The van der Waals surface area contributed by atoms with Gasteiger partial charge in [-0.05, 0) is 49.1 Å². The maximum absolute atomic E-state index is 13.0. The average molecular weight is 457 g/mol. The Kier molecular flexibility index (Phi) is 7.58. The third-order valence-electron chi connectivity index (χ3n) is 6.42. The summed E-state index contributed by atoms with van der Waals surface area (Å²) in [6.45, 7) is 6.94. The molecule has 0 radical (unpaired) electrons. The van der Waals surface area contributed by atoms with Gasteiger partial charge in [0.05, 0.1) is 17.8 Å². The molecule has 0 saturated carbocycles. The summed E-state index contributed by atoms with van der Waals surface area (Å²) in [6.07, 6.45) is 3.33. The number of amides is 2. The maximum Gasteiger partial charge on any atom is 0.254 e. The molecule has 3 aromatic rings. The van der Waals surface area contributed by atoms with E-state index in [-0.39, 0.29) is 17.7 Å². The van der Waals surface area contributed by atoms with Gasteiger partial charge in [-0.15, -0.1) is 0 Å². The van der Waals surface area contributed by atoms with E-state index in [1.165, 1.54) is 0 Å². The lowest BCUT2D eigenvalue weighted by molar-refractivity contribution is -0.117. The van der Waals surface area contributed by atoms with E-state index in [4.69, 9.17) is 0 Å². The Morgan fingerprint density at radius 1 is 0.941 bits per heavy atom. The molecular weight excluding hydrogens is 424 g/mol. The summed E-state index contributed by atoms with van der Waals surface area (Å²) >= 11 is 0. The lowest BCUT2D eigenvalue weighted by atomic mass is 9.95. The zero-order chi connectivity index (χ0) is 23.9. The van der Waals surface area contributed by atoms with Crippen LogP contribution in [-0.4, -0.2) is 47.9 Å². The minimum Gasteiger partial charge on any atom is -0.355 e. The van der Waals surface area contributed by atoms with Crippen LogP contribution in [0.4, 0.5) is 11.5 Å². The summed E-state index contributed by atoms with van der Waals surface area (Å²) in [5, 5.41) is 3.01. The van der Waals surface area contributed by atoms with Gasteiger partial charge in [0, 0.05) is 31.7 Å². The number of anilines is 2. The molecule has 0 aliphatic carbocycles. The van der Waals surface area contributed by atoms with E-state index in [0.717, 1.165) is 55.0 Å². The Labute approximate surface area is 201 Å². The zero-order valence-corrected chi connectivity index (χ0v) is 19.9. The molecule has 1 aliphatic rings. The highest BCUT2D eigenvalue weighted by atomic mass is 16.2. The first-order chi connectivity index (χ1) is 16.6. The first-order valence-electron chi connectivity index (χ1n) is 12.0. The van der Waals surface area contributed by atoms with Crippen molar-refractivity contribution in [2.75, 3.05) is 36.4 Å². The van der Waals surface area contributed by atoms with E-state index in [1.54, 1.807) is 6.20 Å². The van der Waals surface area contributed by atoms with Crippen molar-refractivity contribution in [2.24, 2.45) is 0 Å². The number of carbonyl (C=O) groups excluding carboxylic acids is 2. The van der Waals surface area contributed by atoms with Crippen LogP contribution < -0.4 is 10.2 Å². The van der Waals surface area contributed by atoms with Gasteiger partial charge >= 0.3 is 0 Å². The molecule has 0 spiro atoms. The van der Waals surface area contributed by atoms with Crippen molar-refractivity contribution in [1.82, 2.24) is 9.88 Å². The van der Waals surface area contributed by atoms with Crippen LogP contribution in [0.1, 0.15) is 47.2 Å². The third-order valence-corrected chi connectivity index (χ3v) is 6.42. The van der Waals surface area contributed by atoms with Crippen LogP contribution >= 0.6 is 0 Å². The molecule has 1 aromatic heterocycles. The standard InChI is InChI=1S/C28H32N4O2/c1-3-24(22-11-5-4-6-12-22)27(33)30-23-14-15-26(29-20-23)31-16-9-17-32(19-18-31)28(34)25-13-8-7-10-21(25)2/h4-8,10-15,20,24H,3,9,16-19H2,1-2H3,(H,30,33)/t24-/m1/s1. The number of pyridine rings is 1. The van der Waals surface area contributed by atoms with Gasteiger partial charge in [0.15, 0.2) is 0 Å². The third kappa shape index (κ3) is 5.45. The molecule has 2 amide bonds. The molecular formula is C28H32N4O2. The summed E-state index contributed by atoms with van der Waals surface area (Å²) in [7, 11) is 0. The predicted molar refractivity (Wildman–Crippen MR) is 136 cm³/mol. The highest BCUT2D eigenvalue weighted by Crippen LogP contribution is 2.23. The van der Waals surface area contributed by atoms with E-state index in [9.17, 15) is 9.59 Å². The fourth-order valence-electron chi connectivity index (χ4n) is 4.47. The molecule has 0 unspecified atom stereocenters. The number of nitrogens with zero attached hydrogens (tertiary/aromatic N) is 3. The largest absolute Gasteiger partial charge is 0.355 e. The van der Waals surface area contributed by atoms with Crippen LogP contribution in [0.5, 0.6) is 0 Å². The summed E-state index contributed by atoms with van der Waals surface area (Å²) in [5.74, 6) is 0.736. The first kappa shape index (κ1) is 23.5. The first-order valence-corrected chi connectivity index (χ1v) is 12.0. The summed E-state index contributed by atoms with van der Waals surface area (Å²) in [5.41, 5.74) is 3.48. The molecule has 1 saturated heterocycles. The highest BCUT2D eigenvalue weighted by molar-refractivity contribution is 5.96. The van der Waals surface area contributed by atoms with Gasteiger partial charge in [-0.3, -0.25) is 9.59 Å². The van der Waals surface area contributed by atoms with Gasteiger partial charge in [0.2, 0.25) is 5.91 Å². The van der Waals surface area contributed by atoms with Crippen molar-refractivity contribution in [2.45, 2.75) is 32.6 Å². The predicted octanol–water partition coefficient (Wildman–Crippen LogP) is 4.87. The molecule has 0 bridgehead atoms. The Morgan fingerprint density at radius 3 is 2.41 bits per heavy atom. The number of aromatic nitrogens is 1. The summed E-state index contributed by atoms with van der Waals surface area (Å²) in [6, 6.07) is 21.4. The fraction of sp³-hybridized carbons (Fsp3) is 0.321. The molecule has 1 aliphatic heterocycles. The van der Waals surface area contributed by atoms with Gasteiger partial charge in [-0.2, -0.15) is 0 Å². The second-order valence-electron chi connectivity index (χ2n) is 8.71. The minimum atomic E-state index is -0.191. The molecule has 34 heavy (non-hydrogen) atoms. The molecule has 1 N–H and O–H groups in total. The summed E-state index contributed by atoms with van der Waals surface area (Å²) in [4.78, 5) is 34.6. The Balaban J connectivity index is 1.37. The van der Waals surface area contributed by atoms with Gasteiger partial charge in [-0.25, -0.2) is 4.98 Å². The van der Waals surface area contributed by atoms with Gasteiger partial charge in [0.25, 0.3) is 5.91 Å². The van der Waals surface area contributed by atoms with Crippen LogP contribution in [0.2, 0.25) is 0 Å². The molecule has 6 nitrogen and oxygen atoms in total. The minimum absolute atomic E-state index is 0.0246. The number of benzene rings is 2. The van der Waals surface area contributed by atoms with Crippen molar-refractivity contribution in [3.8, 4) is 0 Å². The maximum atomic E-state index is 13.0. The smallest absolute Gasteiger partial charge is 0.254 e. The second-order valence-corrected chi connectivity index (χ2v) is 8.71. The number of rotatable bonds is 6. The Bertz CT molecular complexity index is 1110. The van der Waals surface area contributed by atoms with Gasteiger partial charge in [0.1, 0.15) is 5.82 Å². The molecule has 1 atom stereocenters. The number of nitrogens with one attached hydrogen (secondary N) is 1. The topological polar surface area (TPSA) is 65.5 Å². The van der Waals surface area contributed by atoms with E-state index in [1.807, 2.05) is 85.5 Å². The van der Waals surface area contributed by atoms with Gasteiger partial charge in [-0.1, -0.05) is 55.5 Å². The molecule has 2 heterocycles. The van der Waals surface area contributed by atoms with Crippen LogP contribution in [0.25, 0.3) is 0 Å². The van der Waals surface area contributed by atoms with Crippen molar-refractivity contribution in [1.29, 1.82) is 0 Å². The number of aryl methyl sites for hydroxylation is 1. The zero-order valence-electron chi connectivity index (χ0n) is 19.9. The van der Waals surface area contributed by atoms with Crippen LogP contribution in [0.15, 0.2) is 72.9 Å². The SMILES string of the molecule is CC[C@@H](C(=O)Nc1ccc(N2CCCN(C(=O)c3ccccc3C)CC2)nc1)c1ccccc1. The van der Waals surface area contributed by atoms with E-state index in [0.29, 0.717) is 12.2 Å². The van der Waals surface area contributed by atoms with Crippen molar-refractivity contribution in [3.05, 3.63) is 89.6 Å². The van der Waals surface area contributed by atoms with Crippen LogP contribution in [0, 0.1) is 6.92 Å². The molecule has 2 aromatic carbocycles. The van der Waals surface area contributed by atoms with E-state index < -0.39 is 0 Å². The van der Waals surface area contributed by atoms with Crippen LogP contribution in [0.3, 0.4) is 0 Å². The van der Waals surface area contributed by atoms with Crippen LogP contribution in [-0.2, 0) is 4.79 Å². The van der Waals surface area contributed by atoms with Crippen molar-refractivity contribution < 1.29 is 9.59 Å². The molecule has 176 valence electrons. The Hall–Kier alpha value is -3.67. The number of carbonyl (C=O) groups is 2. The molecule has 4 rings (SSSR count). The van der Waals surface area contributed by atoms with Crippen molar-refractivity contribution in [3.63, 3.8) is 0 Å². The normalized spacial score (nSPS) is 14.9.